The van der Waals surface area contributed by atoms with E-state index in [1.807, 2.05) is 36.4 Å². The van der Waals surface area contributed by atoms with Crippen LogP contribution in [0.3, 0.4) is 0 Å². The van der Waals surface area contributed by atoms with Gasteiger partial charge in [0, 0.05) is 43.6 Å². The fourth-order valence-corrected chi connectivity index (χ4v) is 4.67. The van der Waals surface area contributed by atoms with Crippen molar-refractivity contribution in [3.05, 3.63) is 78.1 Å². The average molecular weight is 605 g/mol. The summed E-state index contributed by atoms with van der Waals surface area (Å²) in [7, 11) is 1.56. The highest BCUT2D eigenvalue weighted by molar-refractivity contribution is 5.96. The highest BCUT2D eigenvalue weighted by Crippen LogP contribution is 2.32. The number of alkyl carbamates (subject to hydrolysis) is 1. The molecule has 2 aromatic carbocycles. The number of methoxy groups -OCH3 is 1. The molecule has 0 radical (unpaired) electrons. The van der Waals surface area contributed by atoms with Gasteiger partial charge in [-0.1, -0.05) is 30.3 Å². The number of aromatic nitrogens is 2. The summed E-state index contributed by atoms with van der Waals surface area (Å²) in [6, 6.07) is 15.3. The number of amides is 2. The maximum absolute atomic E-state index is 13.1. The van der Waals surface area contributed by atoms with Crippen LogP contribution in [0.4, 0.5) is 16.4 Å². The first-order chi connectivity index (χ1) is 21.1. The number of nitrogens with zero attached hydrogens (tertiary/aromatic N) is 3. The molecule has 1 fully saturated rings. The molecule has 0 spiro atoms. The van der Waals surface area contributed by atoms with Crippen LogP contribution in [-0.4, -0.2) is 72.4 Å². The number of hydrogen-bond donors (Lipinski definition) is 3. The standard InChI is InChI=1S/C32H40N6O6/c1-32(2,3)44-29(40)25(37-31(41)43-21-22-9-6-5-7-10-22)20-35-28(39)23-11-12-26(27(19-23)42-4)38-17-13-24(14-18-38)36-30-33-15-8-16-34-30/h5-12,15-16,19,24-25H,13-14,17-18,20-21H2,1-4H3,(H,35,39)(H,37,41)(H,33,34,36)/t25-/m0/s1. The quantitative estimate of drug-likeness (QED) is 0.275. The number of carbonyl (C=O) groups excluding carboxylic acids is 3. The van der Waals surface area contributed by atoms with Gasteiger partial charge in [0.25, 0.3) is 5.91 Å². The van der Waals surface area contributed by atoms with Gasteiger partial charge in [0.1, 0.15) is 24.0 Å². The van der Waals surface area contributed by atoms with Crippen LogP contribution in [0.15, 0.2) is 67.0 Å². The van der Waals surface area contributed by atoms with Crippen LogP contribution in [0.5, 0.6) is 5.75 Å². The van der Waals surface area contributed by atoms with Gasteiger partial charge < -0.3 is 35.1 Å². The largest absolute Gasteiger partial charge is 0.495 e. The molecule has 2 amide bonds. The molecule has 3 N–H and O–H groups in total. The molecule has 1 atom stereocenters. The zero-order valence-electron chi connectivity index (χ0n) is 25.5. The van der Waals surface area contributed by atoms with E-state index in [2.05, 4.69) is 30.8 Å². The Balaban J connectivity index is 1.35. The van der Waals surface area contributed by atoms with E-state index in [9.17, 15) is 14.4 Å². The topological polar surface area (TPSA) is 144 Å². The predicted molar refractivity (Wildman–Crippen MR) is 166 cm³/mol. The molecule has 2 heterocycles. The zero-order chi connectivity index (χ0) is 31.5. The van der Waals surface area contributed by atoms with Gasteiger partial charge in [-0.15, -0.1) is 0 Å². The number of ether oxygens (including phenoxy) is 3. The molecule has 44 heavy (non-hydrogen) atoms. The summed E-state index contributed by atoms with van der Waals surface area (Å²) in [6.45, 7) is 6.56. The molecule has 234 valence electrons. The van der Waals surface area contributed by atoms with E-state index in [0.717, 1.165) is 37.2 Å². The van der Waals surface area contributed by atoms with Crippen LogP contribution in [0, 0.1) is 0 Å². The average Bonchev–Trinajstić information content (AvgIpc) is 3.02. The SMILES string of the molecule is COc1cc(C(=O)NC[C@H](NC(=O)OCc2ccccc2)C(=O)OC(C)(C)C)ccc1N1CCC(Nc2ncccn2)CC1. The molecule has 0 bridgehead atoms. The number of hydrogen-bond acceptors (Lipinski definition) is 10. The third-order valence-electron chi connectivity index (χ3n) is 6.84. The van der Waals surface area contributed by atoms with Crippen molar-refractivity contribution in [2.75, 3.05) is 37.0 Å². The number of esters is 1. The van der Waals surface area contributed by atoms with Crippen molar-refractivity contribution < 1.29 is 28.6 Å². The lowest BCUT2D eigenvalue weighted by Gasteiger charge is -2.34. The molecule has 0 unspecified atom stereocenters. The molecule has 3 aromatic rings. The Labute approximate surface area is 257 Å². The molecular weight excluding hydrogens is 564 g/mol. The summed E-state index contributed by atoms with van der Waals surface area (Å²) in [6.07, 6.45) is 4.39. The van der Waals surface area contributed by atoms with Crippen molar-refractivity contribution >= 4 is 29.6 Å². The third kappa shape index (κ3) is 9.58. The predicted octanol–water partition coefficient (Wildman–Crippen LogP) is 3.93. The molecule has 1 aliphatic rings. The molecular formula is C32H40N6O6. The maximum atomic E-state index is 13.1. The van der Waals surface area contributed by atoms with E-state index in [0.29, 0.717) is 17.3 Å². The van der Waals surface area contributed by atoms with Gasteiger partial charge in [0.15, 0.2) is 0 Å². The molecule has 12 nitrogen and oxygen atoms in total. The second-order valence-electron chi connectivity index (χ2n) is 11.4. The highest BCUT2D eigenvalue weighted by Gasteiger charge is 2.28. The highest BCUT2D eigenvalue weighted by atomic mass is 16.6. The molecule has 1 aliphatic heterocycles. The monoisotopic (exact) mass is 604 g/mol. The van der Waals surface area contributed by atoms with Crippen molar-refractivity contribution in [3.8, 4) is 5.75 Å². The first kappa shape index (κ1) is 32.1. The van der Waals surface area contributed by atoms with Gasteiger partial charge in [-0.3, -0.25) is 4.79 Å². The minimum atomic E-state index is -1.17. The number of benzene rings is 2. The number of rotatable bonds is 11. The number of carbonyl (C=O) groups is 3. The van der Waals surface area contributed by atoms with Gasteiger partial charge in [0.05, 0.1) is 12.8 Å². The lowest BCUT2D eigenvalue weighted by molar-refractivity contribution is -0.157. The van der Waals surface area contributed by atoms with E-state index in [1.54, 1.807) is 58.5 Å². The van der Waals surface area contributed by atoms with Gasteiger partial charge in [0.2, 0.25) is 5.95 Å². The first-order valence-electron chi connectivity index (χ1n) is 14.6. The summed E-state index contributed by atoms with van der Waals surface area (Å²) >= 11 is 0. The lowest BCUT2D eigenvalue weighted by Crippen LogP contribution is -2.50. The van der Waals surface area contributed by atoms with Crippen molar-refractivity contribution in [1.82, 2.24) is 20.6 Å². The van der Waals surface area contributed by atoms with E-state index in [1.165, 1.54) is 0 Å². The minimum Gasteiger partial charge on any atom is -0.495 e. The Morgan fingerprint density at radius 3 is 2.36 bits per heavy atom. The third-order valence-corrected chi connectivity index (χ3v) is 6.84. The van der Waals surface area contributed by atoms with Crippen molar-refractivity contribution in [2.24, 2.45) is 0 Å². The zero-order valence-corrected chi connectivity index (χ0v) is 25.5. The summed E-state index contributed by atoms with van der Waals surface area (Å²) in [4.78, 5) is 49.2. The minimum absolute atomic E-state index is 0.0296. The molecule has 1 aromatic heterocycles. The second kappa shape index (κ2) is 15.0. The molecule has 0 saturated carbocycles. The molecule has 4 rings (SSSR count). The Kier molecular flexibility index (Phi) is 11.0. The van der Waals surface area contributed by atoms with Crippen LogP contribution in [0.2, 0.25) is 0 Å². The summed E-state index contributed by atoms with van der Waals surface area (Å²) in [5.74, 6) is 0.0431. The van der Waals surface area contributed by atoms with Crippen molar-refractivity contribution in [2.45, 2.75) is 57.9 Å². The Morgan fingerprint density at radius 2 is 1.70 bits per heavy atom. The summed E-state index contributed by atoms with van der Waals surface area (Å²) in [5, 5.41) is 8.61. The van der Waals surface area contributed by atoms with E-state index < -0.39 is 29.6 Å². The summed E-state index contributed by atoms with van der Waals surface area (Å²) < 4.78 is 16.4. The number of anilines is 2. The fraction of sp³-hybridized carbons (Fsp3) is 0.406. The van der Waals surface area contributed by atoms with E-state index in [-0.39, 0.29) is 19.2 Å². The number of nitrogens with one attached hydrogen (secondary N) is 3. The van der Waals surface area contributed by atoms with Crippen LogP contribution >= 0.6 is 0 Å². The Morgan fingerprint density at radius 1 is 1.00 bits per heavy atom. The van der Waals surface area contributed by atoms with Crippen LogP contribution < -0.4 is 25.6 Å². The second-order valence-corrected chi connectivity index (χ2v) is 11.4. The van der Waals surface area contributed by atoms with Crippen molar-refractivity contribution in [3.63, 3.8) is 0 Å². The maximum Gasteiger partial charge on any atom is 0.408 e. The Hall–Kier alpha value is -4.87. The normalized spacial score (nSPS) is 14.2. The summed E-state index contributed by atoms with van der Waals surface area (Å²) in [5.41, 5.74) is 1.23. The van der Waals surface area contributed by atoms with E-state index in [4.69, 9.17) is 14.2 Å². The van der Waals surface area contributed by atoms with Gasteiger partial charge in [-0.2, -0.15) is 0 Å². The smallest absolute Gasteiger partial charge is 0.408 e. The fourth-order valence-electron chi connectivity index (χ4n) is 4.67. The Bertz CT molecular complexity index is 1390. The van der Waals surface area contributed by atoms with Gasteiger partial charge >= 0.3 is 12.1 Å². The number of piperidine rings is 1. The molecule has 0 aliphatic carbocycles. The van der Waals surface area contributed by atoms with Gasteiger partial charge in [-0.05, 0) is 63.4 Å². The van der Waals surface area contributed by atoms with Crippen LogP contribution in [-0.2, 0) is 20.9 Å². The first-order valence-corrected chi connectivity index (χ1v) is 14.6. The van der Waals surface area contributed by atoms with Gasteiger partial charge in [-0.25, -0.2) is 19.6 Å². The van der Waals surface area contributed by atoms with Crippen LogP contribution in [0.1, 0.15) is 49.5 Å². The van der Waals surface area contributed by atoms with Crippen molar-refractivity contribution in [1.29, 1.82) is 0 Å². The lowest BCUT2D eigenvalue weighted by atomic mass is 10.0. The van der Waals surface area contributed by atoms with Crippen LogP contribution in [0.25, 0.3) is 0 Å². The molecule has 1 saturated heterocycles. The van der Waals surface area contributed by atoms with E-state index >= 15 is 0 Å². The molecule has 12 heteroatoms.